The number of hydrogen-bond donors (Lipinski definition) is 0. The second kappa shape index (κ2) is 5.89. The normalized spacial score (nSPS) is 18.0. The smallest absolute Gasteiger partial charge is 0.410 e. The zero-order valence-corrected chi connectivity index (χ0v) is 14.2. The van der Waals surface area contributed by atoms with E-state index in [4.69, 9.17) is 4.74 Å². The monoisotopic (exact) mass is 327 g/mol. The number of amides is 1. The Morgan fingerprint density at radius 2 is 1.42 bits per heavy atom. The van der Waals surface area contributed by atoms with Gasteiger partial charge in [-0.2, -0.15) is 0 Å². The number of fused-ring (bicyclic) bond motifs is 1. The zero-order chi connectivity index (χ0) is 17.5. The van der Waals surface area contributed by atoms with Crippen LogP contribution in [0.5, 0.6) is 0 Å². The zero-order valence-electron chi connectivity index (χ0n) is 14.2. The molecule has 1 aliphatic heterocycles. The van der Waals surface area contributed by atoms with Crippen molar-refractivity contribution in [1.29, 1.82) is 0 Å². The molecule has 0 aromatic heterocycles. The average Bonchev–Trinajstić information content (AvgIpc) is 2.74. The van der Waals surface area contributed by atoms with E-state index in [2.05, 4.69) is 0 Å². The molecule has 0 saturated heterocycles. The molecule has 0 bridgehead atoms. The second-order valence-electron chi connectivity index (χ2n) is 7.13. The van der Waals surface area contributed by atoms with Crippen LogP contribution in [0.3, 0.4) is 0 Å². The van der Waals surface area contributed by atoms with Crippen LogP contribution in [0.1, 0.15) is 54.3 Å². The standard InChI is InChI=1S/C19H21NO4/c1-19(2,3)24-18(23)20-10-8-14-15(9-11-20)17(22)13-7-5-4-6-12(13)16(14)21/h4-7H,8-11H2,1-3H3. The van der Waals surface area contributed by atoms with Gasteiger partial charge in [0.2, 0.25) is 0 Å². The van der Waals surface area contributed by atoms with Gasteiger partial charge in [-0.3, -0.25) is 9.59 Å². The number of ether oxygens (including phenoxy) is 1. The molecule has 0 fully saturated rings. The third-order valence-corrected chi connectivity index (χ3v) is 4.24. The molecule has 0 N–H and O–H groups in total. The Bertz CT molecular complexity index is 706. The van der Waals surface area contributed by atoms with Gasteiger partial charge in [-0.05, 0) is 33.6 Å². The summed E-state index contributed by atoms with van der Waals surface area (Å²) in [6, 6.07) is 6.91. The first-order chi connectivity index (χ1) is 11.3. The summed E-state index contributed by atoms with van der Waals surface area (Å²) in [6.45, 7) is 6.21. The molecule has 0 radical (unpaired) electrons. The van der Waals surface area contributed by atoms with Gasteiger partial charge in [-0.1, -0.05) is 24.3 Å². The highest BCUT2D eigenvalue weighted by Crippen LogP contribution is 2.32. The lowest BCUT2D eigenvalue weighted by Gasteiger charge is -2.26. The van der Waals surface area contributed by atoms with Crippen LogP contribution in [0.2, 0.25) is 0 Å². The lowest BCUT2D eigenvalue weighted by molar-refractivity contribution is 0.0257. The Hall–Kier alpha value is -2.43. The maximum atomic E-state index is 12.7. The summed E-state index contributed by atoms with van der Waals surface area (Å²) < 4.78 is 5.40. The molecule has 1 heterocycles. The summed E-state index contributed by atoms with van der Waals surface area (Å²) in [4.78, 5) is 39.3. The minimum Gasteiger partial charge on any atom is -0.444 e. The predicted molar refractivity (Wildman–Crippen MR) is 89.2 cm³/mol. The molecule has 0 unspecified atom stereocenters. The Kier molecular flexibility index (Phi) is 4.03. The van der Waals surface area contributed by atoms with E-state index in [-0.39, 0.29) is 11.6 Å². The highest BCUT2D eigenvalue weighted by Gasteiger charge is 2.34. The van der Waals surface area contributed by atoms with E-state index in [1.165, 1.54) is 0 Å². The Balaban J connectivity index is 1.83. The lowest BCUT2D eigenvalue weighted by atomic mass is 9.82. The summed E-state index contributed by atoms with van der Waals surface area (Å²) in [5.74, 6) is -0.183. The number of Topliss-reactive ketones (excluding diaryl/α,β-unsaturated/α-hetero) is 2. The van der Waals surface area contributed by atoms with E-state index < -0.39 is 11.7 Å². The molecule has 5 nitrogen and oxygen atoms in total. The van der Waals surface area contributed by atoms with Gasteiger partial charge in [0.25, 0.3) is 0 Å². The summed E-state index contributed by atoms with van der Waals surface area (Å²) in [6.07, 6.45) is 0.362. The maximum absolute atomic E-state index is 12.7. The second-order valence-corrected chi connectivity index (χ2v) is 7.13. The Morgan fingerprint density at radius 3 is 1.83 bits per heavy atom. The van der Waals surface area contributed by atoms with Crippen LogP contribution in [0.4, 0.5) is 4.79 Å². The highest BCUT2D eigenvalue weighted by molar-refractivity contribution is 6.27. The van der Waals surface area contributed by atoms with Gasteiger partial charge in [-0.15, -0.1) is 0 Å². The van der Waals surface area contributed by atoms with Gasteiger partial charge < -0.3 is 9.64 Å². The van der Waals surface area contributed by atoms with E-state index in [1.54, 1.807) is 29.2 Å². The van der Waals surface area contributed by atoms with E-state index in [1.807, 2.05) is 20.8 Å². The number of carbonyl (C=O) groups is 3. The van der Waals surface area contributed by atoms with Crippen molar-refractivity contribution in [1.82, 2.24) is 4.90 Å². The summed E-state index contributed by atoms with van der Waals surface area (Å²) in [5, 5.41) is 0. The third kappa shape index (κ3) is 2.98. The molecular weight excluding hydrogens is 306 g/mol. The first kappa shape index (κ1) is 16.4. The Labute approximate surface area is 141 Å². The summed E-state index contributed by atoms with van der Waals surface area (Å²) in [7, 11) is 0. The quantitative estimate of drug-likeness (QED) is 0.732. The SMILES string of the molecule is CC(C)(C)OC(=O)N1CCC2=C(CC1)C(=O)c1ccccc1C2=O. The van der Waals surface area contributed by atoms with Crippen molar-refractivity contribution in [3.63, 3.8) is 0 Å². The molecule has 0 saturated carbocycles. The third-order valence-electron chi connectivity index (χ3n) is 4.24. The molecule has 3 rings (SSSR count). The van der Waals surface area contributed by atoms with Crippen LogP contribution < -0.4 is 0 Å². The number of benzene rings is 1. The van der Waals surface area contributed by atoms with Crippen LogP contribution in [-0.2, 0) is 4.74 Å². The van der Waals surface area contributed by atoms with Crippen LogP contribution in [0.25, 0.3) is 0 Å². The van der Waals surface area contributed by atoms with E-state index in [0.717, 1.165) is 0 Å². The Morgan fingerprint density at radius 1 is 0.958 bits per heavy atom. The first-order valence-electron chi connectivity index (χ1n) is 8.16. The van der Waals surface area contributed by atoms with Gasteiger partial charge in [0.1, 0.15) is 5.60 Å². The highest BCUT2D eigenvalue weighted by atomic mass is 16.6. The van der Waals surface area contributed by atoms with Crippen LogP contribution in [-0.4, -0.2) is 41.3 Å². The lowest BCUT2D eigenvalue weighted by Crippen LogP contribution is -2.37. The fourth-order valence-corrected chi connectivity index (χ4v) is 3.12. The average molecular weight is 327 g/mol. The van der Waals surface area contributed by atoms with Crippen molar-refractivity contribution in [2.45, 2.75) is 39.2 Å². The maximum Gasteiger partial charge on any atom is 0.410 e. The number of carbonyl (C=O) groups excluding carboxylic acids is 3. The molecule has 0 atom stereocenters. The van der Waals surface area contributed by atoms with E-state index >= 15 is 0 Å². The van der Waals surface area contributed by atoms with Crippen LogP contribution in [0.15, 0.2) is 35.4 Å². The van der Waals surface area contributed by atoms with Gasteiger partial charge in [0.15, 0.2) is 11.6 Å². The molecular formula is C19H21NO4. The van der Waals surface area contributed by atoms with Gasteiger partial charge in [0.05, 0.1) is 0 Å². The minimum atomic E-state index is -0.571. The number of nitrogens with zero attached hydrogens (tertiary/aromatic N) is 1. The molecule has 1 amide bonds. The van der Waals surface area contributed by atoms with Crippen molar-refractivity contribution in [2.75, 3.05) is 13.1 Å². The largest absolute Gasteiger partial charge is 0.444 e. The fraction of sp³-hybridized carbons (Fsp3) is 0.421. The first-order valence-corrected chi connectivity index (χ1v) is 8.16. The van der Waals surface area contributed by atoms with Gasteiger partial charge in [-0.25, -0.2) is 4.79 Å². The molecule has 5 heteroatoms. The van der Waals surface area contributed by atoms with Crippen molar-refractivity contribution in [3.8, 4) is 0 Å². The molecule has 1 aliphatic carbocycles. The molecule has 126 valence electrons. The van der Waals surface area contributed by atoms with E-state index in [0.29, 0.717) is 48.2 Å². The molecule has 24 heavy (non-hydrogen) atoms. The van der Waals surface area contributed by atoms with Crippen molar-refractivity contribution in [2.24, 2.45) is 0 Å². The number of hydrogen-bond acceptors (Lipinski definition) is 4. The molecule has 0 spiro atoms. The summed E-state index contributed by atoms with van der Waals surface area (Å²) in [5.41, 5.74) is 1.45. The van der Waals surface area contributed by atoms with Gasteiger partial charge in [0, 0.05) is 35.4 Å². The number of rotatable bonds is 0. The van der Waals surface area contributed by atoms with Gasteiger partial charge >= 0.3 is 6.09 Å². The molecule has 2 aliphatic rings. The molecule has 1 aromatic carbocycles. The number of ketones is 2. The minimum absolute atomic E-state index is 0.0914. The van der Waals surface area contributed by atoms with Crippen LogP contribution >= 0.6 is 0 Å². The fourth-order valence-electron chi connectivity index (χ4n) is 3.12. The topological polar surface area (TPSA) is 63.7 Å². The van der Waals surface area contributed by atoms with Crippen molar-refractivity contribution < 1.29 is 19.1 Å². The predicted octanol–water partition coefficient (Wildman–Crippen LogP) is 3.39. The van der Waals surface area contributed by atoms with Crippen molar-refractivity contribution >= 4 is 17.7 Å². The summed E-state index contributed by atoms with van der Waals surface area (Å²) >= 11 is 0. The van der Waals surface area contributed by atoms with E-state index in [9.17, 15) is 14.4 Å². The van der Waals surface area contributed by atoms with Crippen molar-refractivity contribution in [3.05, 3.63) is 46.5 Å². The molecule has 1 aromatic rings. The van der Waals surface area contributed by atoms with Crippen LogP contribution in [0, 0.1) is 0 Å².